The average Bonchev–Trinajstić information content (AvgIpc) is 2.39. The molecule has 20 heavy (non-hydrogen) atoms. The van der Waals surface area contributed by atoms with E-state index < -0.39 is 0 Å². The first-order valence-corrected chi connectivity index (χ1v) is 7.55. The van der Waals surface area contributed by atoms with Crippen LogP contribution in [-0.4, -0.2) is 24.3 Å². The Morgan fingerprint density at radius 3 is 2.75 bits per heavy atom. The lowest BCUT2D eigenvalue weighted by molar-refractivity contribution is 0.148. The van der Waals surface area contributed by atoms with Crippen molar-refractivity contribution in [2.24, 2.45) is 5.41 Å². The number of aliphatic hydroxyl groups excluding tert-OH is 1. The topological polar surface area (TPSA) is 61.4 Å². The third-order valence-electron chi connectivity index (χ3n) is 3.19. The van der Waals surface area contributed by atoms with E-state index in [0.717, 1.165) is 28.6 Å². The van der Waals surface area contributed by atoms with Gasteiger partial charge in [-0.05, 0) is 42.9 Å². The standard InChI is InChI=1S/C15H23BrN2O2/c1-11-5-6-12(16)9-13(11)18-14(20)17-8-4-7-15(2,3)10-19/h5-6,9,19H,4,7-8,10H2,1-3H3,(H2,17,18,20). The van der Waals surface area contributed by atoms with Crippen LogP contribution in [0.2, 0.25) is 0 Å². The summed E-state index contributed by atoms with van der Waals surface area (Å²) in [6.07, 6.45) is 1.72. The maximum atomic E-state index is 11.8. The van der Waals surface area contributed by atoms with Crippen LogP contribution in [0.5, 0.6) is 0 Å². The number of aryl methyl sites for hydroxylation is 1. The van der Waals surface area contributed by atoms with Crippen LogP contribution in [-0.2, 0) is 0 Å². The number of halogens is 1. The highest BCUT2D eigenvalue weighted by Crippen LogP contribution is 2.21. The minimum Gasteiger partial charge on any atom is -0.396 e. The molecule has 0 saturated carbocycles. The zero-order chi connectivity index (χ0) is 15.2. The predicted octanol–water partition coefficient (Wildman–Crippen LogP) is 3.68. The molecule has 1 rings (SSSR count). The molecule has 0 aliphatic carbocycles. The van der Waals surface area contributed by atoms with Gasteiger partial charge in [-0.15, -0.1) is 0 Å². The van der Waals surface area contributed by atoms with Crippen molar-refractivity contribution in [3.8, 4) is 0 Å². The van der Waals surface area contributed by atoms with Gasteiger partial charge in [0.05, 0.1) is 0 Å². The zero-order valence-corrected chi connectivity index (χ0v) is 13.9. The van der Waals surface area contributed by atoms with Crippen molar-refractivity contribution in [2.75, 3.05) is 18.5 Å². The third kappa shape index (κ3) is 5.92. The van der Waals surface area contributed by atoms with Crippen LogP contribution in [0.1, 0.15) is 32.3 Å². The predicted molar refractivity (Wildman–Crippen MR) is 86.0 cm³/mol. The molecule has 0 spiro atoms. The molecule has 1 aromatic rings. The molecule has 0 unspecified atom stereocenters. The Labute approximate surface area is 129 Å². The van der Waals surface area contributed by atoms with Crippen LogP contribution in [0.3, 0.4) is 0 Å². The van der Waals surface area contributed by atoms with Gasteiger partial charge in [-0.1, -0.05) is 35.8 Å². The Morgan fingerprint density at radius 1 is 1.40 bits per heavy atom. The van der Waals surface area contributed by atoms with E-state index in [4.69, 9.17) is 5.11 Å². The number of anilines is 1. The van der Waals surface area contributed by atoms with Gasteiger partial charge in [0, 0.05) is 23.3 Å². The van der Waals surface area contributed by atoms with Gasteiger partial charge in [0.1, 0.15) is 0 Å². The summed E-state index contributed by atoms with van der Waals surface area (Å²) in [5, 5.41) is 14.8. The number of benzene rings is 1. The summed E-state index contributed by atoms with van der Waals surface area (Å²) in [4.78, 5) is 11.8. The second-order valence-corrected chi connectivity index (χ2v) is 6.68. The first-order chi connectivity index (χ1) is 9.34. The number of rotatable bonds is 6. The lowest BCUT2D eigenvalue weighted by Crippen LogP contribution is -2.30. The van der Waals surface area contributed by atoms with Crippen molar-refractivity contribution < 1.29 is 9.90 Å². The van der Waals surface area contributed by atoms with E-state index in [1.54, 1.807) is 0 Å². The third-order valence-corrected chi connectivity index (χ3v) is 3.68. The van der Waals surface area contributed by atoms with Crippen LogP contribution in [0.15, 0.2) is 22.7 Å². The first-order valence-electron chi connectivity index (χ1n) is 6.76. The lowest BCUT2D eigenvalue weighted by Gasteiger charge is -2.21. The molecule has 0 atom stereocenters. The van der Waals surface area contributed by atoms with Crippen molar-refractivity contribution in [3.63, 3.8) is 0 Å². The van der Waals surface area contributed by atoms with Gasteiger partial charge in [-0.2, -0.15) is 0 Å². The number of carbonyl (C=O) groups is 1. The number of aliphatic hydroxyl groups is 1. The van der Waals surface area contributed by atoms with Gasteiger partial charge in [0.15, 0.2) is 0 Å². The molecule has 0 aliphatic rings. The highest BCUT2D eigenvalue weighted by Gasteiger charge is 2.15. The van der Waals surface area contributed by atoms with Crippen LogP contribution in [0.25, 0.3) is 0 Å². The average molecular weight is 343 g/mol. The Hall–Kier alpha value is -1.07. The second-order valence-electron chi connectivity index (χ2n) is 5.77. The number of urea groups is 1. The molecule has 0 saturated heterocycles. The Bertz CT molecular complexity index is 461. The normalized spacial score (nSPS) is 11.2. The molecule has 0 fully saturated rings. The van der Waals surface area contributed by atoms with Gasteiger partial charge in [-0.3, -0.25) is 0 Å². The van der Waals surface area contributed by atoms with E-state index in [-0.39, 0.29) is 18.1 Å². The molecular formula is C15H23BrN2O2. The molecule has 112 valence electrons. The molecule has 4 nitrogen and oxygen atoms in total. The quantitative estimate of drug-likeness (QED) is 0.690. The number of carbonyl (C=O) groups excluding carboxylic acids is 1. The second kappa shape index (κ2) is 7.64. The summed E-state index contributed by atoms with van der Waals surface area (Å²) in [5.74, 6) is 0. The van der Waals surface area contributed by atoms with Crippen molar-refractivity contribution in [3.05, 3.63) is 28.2 Å². The number of hydrogen-bond acceptors (Lipinski definition) is 2. The summed E-state index contributed by atoms with van der Waals surface area (Å²) in [7, 11) is 0. The monoisotopic (exact) mass is 342 g/mol. The van der Waals surface area contributed by atoms with E-state index in [2.05, 4.69) is 26.6 Å². The van der Waals surface area contributed by atoms with Crippen LogP contribution in [0.4, 0.5) is 10.5 Å². The van der Waals surface area contributed by atoms with E-state index in [1.807, 2.05) is 39.0 Å². The minimum absolute atomic E-state index is 0.0843. The highest BCUT2D eigenvalue weighted by molar-refractivity contribution is 9.10. The number of nitrogens with one attached hydrogen (secondary N) is 2. The molecule has 0 aromatic heterocycles. The van der Waals surface area contributed by atoms with Gasteiger partial charge in [-0.25, -0.2) is 4.79 Å². The van der Waals surface area contributed by atoms with E-state index in [0.29, 0.717) is 6.54 Å². The molecule has 5 heteroatoms. The van der Waals surface area contributed by atoms with Crippen molar-refractivity contribution >= 4 is 27.6 Å². The molecule has 0 heterocycles. The molecule has 1 aromatic carbocycles. The minimum atomic E-state index is -0.201. The van der Waals surface area contributed by atoms with Crippen LogP contribution >= 0.6 is 15.9 Å². The molecule has 0 aliphatic heterocycles. The smallest absolute Gasteiger partial charge is 0.319 e. The van der Waals surface area contributed by atoms with Gasteiger partial charge >= 0.3 is 6.03 Å². The van der Waals surface area contributed by atoms with Gasteiger partial charge < -0.3 is 15.7 Å². The summed E-state index contributed by atoms with van der Waals surface area (Å²) >= 11 is 3.38. The Morgan fingerprint density at radius 2 is 2.10 bits per heavy atom. The largest absolute Gasteiger partial charge is 0.396 e. The fourth-order valence-corrected chi connectivity index (χ4v) is 2.10. The maximum Gasteiger partial charge on any atom is 0.319 e. The zero-order valence-electron chi connectivity index (χ0n) is 12.3. The summed E-state index contributed by atoms with van der Waals surface area (Å²) in [6.45, 7) is 6.74. The highest BCUT2D eigenvalue weighted by atomic mass is 79.9. The fourth-order valence-electron chi connectivity index (χ4n) is 1.74. The molecular weight excluding hydrogens is 320 g/mol. The lowest BCUT2D eigenvalue weighted by atomic mass is 9.89. The maximum absolute atomic E-state index is 11.8. The molecule has 2 amide bonds. The Kier molecular flexibility index (Phi) is 6.49. The van der Waals surface area contributed by atoms with E-state index in [1.165, 1.54) is 0 Å². The molecule has 3 N–H and O–H groups in total. The summed E-state index contributed by atoms with van der Waals surface area (Å²) in [5.41, 5.74) is 1.73. The van der Waals surface area contributed by atoms with Crippen molar-refractivity contribution in [2.45, 2.75) is 33.6 Å². The summed E-state index contributed by atoms with van der Waals surface area (Å²) in [6, 6.07) is 5.57. The fraction of sp³-hybridized carbons (Fsp3) is 0.533. The van der Waals surface area contributed by atoms with E-state index >= 15 is 0 Å². The first kappa shape index (κ1) is 17.0. The SMILES string of the molecule is Cc1ccc(Br)cc1NC(=O)NCCCC(C)(C)CO. The molecule has 0 bridgehead atoms. The number of hydrogen-bond donors (Lipinski definition) is 3. The number of amides is 2. The van der Waals surface area contributed by atoms with Crippen molar-refractivity contribution in [1.29, 1.82) is 0 Å². The Balaban J connectivity index is 2.36. The van der Waals surface area contributed by atoms with Crippen molar-refractivity contribution in [1.82, 2.24) is 5.32 Å². The molecule has 0 radical (unpaired) electrons. The summed E-state index contributed by atoms with van der Waals surface area (Å²) < 4.78 is 0.933. The van der Waals surface area contributed by atoms with Crippen LogP contribution in [0, 0.1) is 12.3 Å². The van der Waals surface area contributed by atoms with Gasteiger partial charge in [0.2, 0.25) is 0 Å². The van der Waals surface area contributed by atoms with Crippen LogP contribution < -0.4 is 10.6 Å². The van der Waals surface area contributed by atoms with E-state index in [9.17, 15) is 4.79 Å². The van der Waals surface area contributed by atoms with Gasteiger partial charge in [0.25, 0.3) is 0 Å².